The lowest BCUT2D eigenvalue weighted by molar-refractivity contribution is -0.0835. The van der Waals surface area contributed by atoms with Gasteiger partial charge in [-0.3, -0.25) is 0 Å². The highest BCUT2D eigenvalue weighted by molar-refractivity contribution is 7.16. The average molecular weight is 446 g/mol. The number of hydrogen-bond donors (Lipinski definition) is 2. The number of carbonyl (C=O) groups is 1. The molecule has 2 amide bonds. The normalized spacial score (nSPS) is 26.3. The average Bonchev–Trinajstić information content (AvgIpc) is 3.48. The summed E-state index contributed by atoms with van der Waals surface area (Å²) in [6, 6.07) is 6.14. The quantitative estimate of drug-likeness (QED) is 0.681. The molecule has 1 atom stereocenters. The van der Waals surface area contributed by atoms with Gasteiger partial charge in [0, 0.05) is 6.04 Å². The number of fused-ring (bicyclic) bond motifs is 1. The Morgan fingerprint density at radius 2 is 2.00 bits per heavy atom. The molecule has 1 aliphatic heterocycles. The maximum absolute atomic E-state index is 12.6. The van der Waals surface area contributed by atoms with Gasteiger partial charge in [0.25, 0.3) is 0 Å². The third-order valence-corrected chi connectivity index (χ3v) is 7.62. The SMILES string of the molecule is CC(O)(CO[C@H]1CC[C@H](NC(=O)N2CC(Oc3cccc4scnc34)C2)CC1)C1CC1. The van der Waals surface area contributed by atoms with Crippen molar-refractivity contribution in [3.8, 4) is 5.75 Å². The number of nitrogens with zero attached hydrogens (tertiary/aromatic N) is 2. The molecule has 2 aromatic rings. The van der Waals surface area contributed by atoms with Gasteiger partial charge in [-0.05, 0) is 63.5 Å². The van der Waals surface area contributed by atoms with Crippen molar-refractivity contribution >= 4 is 27.6 Å². The highest BCUT2D eigenvalue weighted by atomic mass is 32.1. The fourth-order valence-corrected chi connectivity index (χ4v) is 5.26. The minimum atomic E-state index is -0.688. The summed E-state index contributed by atoms with van der Waals surface area (Å²) in [6.45, 7) is 3.50. The van der Waals surface area contributed by atoms with Crippen LogP contribution in [0.25, 0.3) is 10.2 Å². The molecule has 1 aromatic heterocycles. The molecule has 2 N–H and O–H groups in total. The van der Waals surface area contributed by atoms with E-state index in [2.05, 4.69) is 10.3 Å². The van der Waals surface area contributed by atoms with Crippen LogP contribution in [-0.2, 0) is 4.74 Å². The predicted molar refractivity (Wildman–Crippen MR) is 119 cm³/mol. The fourth-order valence-electron chi connectivity index (χ4n) is 4.56. The van der Waals surface area contributed by atoms with Crippen LogP contribution in [0.4, 0.5) is 4.79 Å². The molecule has 7 nitrogen and oxygen atoms in total. The summed E-state index contributed by atoms with van der Waals surface area (Å²) >= 11 is 1.60. The van der Waals surface area contributed by atoms with Crippen molar-refractivity contribution in [3.05, 3.63) is 23.7 Å². The van der Waals surface area contributed by atoms with Gasteiger partial charge in [-0.2, -0.15) is 0 Å². The number of hydrogen-bond acceptors (Lipinski definition) is 6. The molecule has 1 aromatic carbocycles. The van der Waals surface area contributed by atoms with E-state index in [4.69, 9.17) is 9.47 Å². The van der Waals surface area contributed by atoms with Crippen LogP contribution >= 0.6 is 11.3 Å². The van der Waals surface area contributed by atoms with Crippen molar-refractivity contribution in [2.24, 2.45) is 5.92 Å². The van der Waals surface area contributed by atoms with Gasteiger partial charge in [0.15, 0.2) is 0 Å². The number of benzene rings is 1. The highest BCUT2D eigenvalue weighted by Crippen LogP contribution is 2.40. The largest absolute Gasteiger partial charge is 0.484 e. The van der Waals surface area contributed by atoms with E-state index in [0.29, 0.717) is 25.6 Å². The maximum Gasteiger partial charge on any atom is 0.317 e. The Labute approximate surface area is 186 Å². The van der Waals surface area contributed by atoms with Crippen molar-refractivity contribution in [2.45, 2.75) is 69.3 Å². The number of aromatic nitrogens is 1. The second-order valence-electron chi connectivity index (χ2n) is 9.47. The summed E-state index contributed by atoms with van der Waals surface area (Å²) in [5.41, 5.74) is 2.03. The highest BCUT2D eigenvalue weighted by Gasteiger charge is 2.41. The molecule has 0 spiro atoms. The summed E-state index contributed by atoms with van der Waals surface area (Å²) in [5.74, 6) is 1.20. The Balaban J connectivity index is 1.01. The van der Waals surface area contributed by atoms with Crippen LogP contribution in [0.15, 0.2) is 23.7 Å². The molecule has 3 fully saturated rings. The van der Waals surface area contributed by atoms with E-state index in [1.54, 1.807) is 16.2 Å². The zero-order valence-corrected chi connectivity index (χ0v) is 18.8. The molecular weight excluding hydrogens is 414 g/mol. The van der Waals surface area contributed by atoms with Crippen LogP contribution < -0.4 is 10.1 Å². The zero-order valence-electron chi connectivity index (χ0n) is 18.0. The van der Waals surface area contributed by atoms with Gasteiger partial charge in [0.05, 0.1) is 41.6 Å². The number of nitrogens with one attached hydrogen (secondary N) is 1. The Bertz CT molecular complexity index is 914. The van der Waals surface area contributed by atoms with E-state index in [9.17, 15) is 9.90 Å². The third kappa shape index (κ3) is 4.81. The monoisotopic (exact) mass is 445 g/mol. The van der Waals surface area contributed by atoms with Crippen LogP contribution in [-0.4, -0.2) is 64.6 Å². The molecule has 8 heteroatoms. The molecule has 1 unspecified atom stereocenters. The molecular formula is C23H31N3O4S. The van der Waals surface area contributed by atoms with Crippen molar-refractivity contribution in [3.63, 3.8) is 0 Å². The number of aliphatic hydroxyl groups is 1. The number of carbonyl (C=O) groups excluding carboxylic acids is 1. The Morgan fingerprint density at radius 3 is 2.74 bits per heavy atom. The van der Waals surface area contributed by atoms with Crippen LogP contribution in [0, 0.1) is 5.92 Å². The minimum Gasteiger partial charge on any atom is -0.484 e. The standard InChI is InChI=1S/C23H31N3O4S/c1-23(28,15-5-6-15)13-29-17-9-7-16(8-10-17)25-22(27)26-11-18(12-26)30-19-3-2-4-20-21(19)24-14-31-20/h2-4,14-18,28H,5-13H2,1H3,(H,25,27)/t16-,17-,23?. The first-order valence-corrected chi connectivity index (χ1v) is 12.2. The second kappa shape index (κ2) is 8.56. The number of thiazole rings is 1. The smallest absolute Gasteiger partial charge is 0.317 e. The lowest BCUT2D eigenvalue weighted by Crippen LogP contribution is -2.60. The molecule has 0 radical (unpaired) electrons. The molecule has 0 bridgehead atoms. The predicted octanol–water partition coefficient (Wildman–Crippen LogP) is 3.56. The van der Waals surface area contributed by atoms with E-state index in [-0.39, 0.29) is 24.3 Å². The number of amides is 2. The first-order valence-electron chi connectivity index (χ1n) is 11.4. The first-order chi connectivity index (χ1) is 15.0. The third-order valence-electron chi connectivity index (χ3n) is 6.82. The number of rotatable bonds is 7. The summed E-state index contributed by atoms with van der Waals surface area (Å²) < 4.78 is 13.2. The topological polar surface area (TPSA) is 83.9 Å². The lowest BCUT2D eigenvalue weighted by atomic mass is 9.92. The zero-order chi connectivity index (χ0) is 21.4. The molecule has 2 saturated carbocycles. The Morgan fingerprint density at radius 1 is 1.23 bits per heavy atom. The number of ether oxygens (including phenoxy) is 2. The van der Waals surface area contributed by atoms with Crippen molar-refractivity contribution in [2.75, 3.05) is 19.7 Å². The molecule has 2 aliphatic carbocycles. The van der Waals surface area contributed by atoms with Crippen LogP contribution in [0.1, 0.15) is 45.4 Å². The second-order valence-corrected chi connectivity index (χ2v) is 10.4. The van der Waals surface area contributed by atoms with E-state index in [1.807, 2.05) is 30.6 Å². The van der Waals surface area contributed by atoms with Crippen LogP contribution in [0.5, 0.6) is 5.75 Å². The molecule has 5 rings (SSSR count). The van der Waals surface area contributed by atoms with Gasteiger partial charge in [-0.15, -0.1) is 11.3 Å². The summed E-state index contributed by atoms with van der Waals surface area (Å²) in [6.07, 6.45) is 6.11. The van der Waals surface area contributed by atoms with Gasteiger partial charge in [0.2, 0.25) is 0 Å². The van der Waals surface area contributed by atoms with Crippen LogP contribution in [0.2, 0.25) is 0 Å². The van der Waals surface area contributed by atoms with E-state index in [0.717, 1.165) is 54.5 Å². The van der Waals surface area contributed by atoms with E-state index >= 15 is 0 Å². The van der Waals surface area contributed by atoms with Gasteiger partial charge in [0.1, 0.15) is 17.4 Å². The number of para-hydroxylation sites is 1. The van der Waals surface area contributed by atoms with Crippen molar-refractivity contribution < 1.29 is 19.4 Å². The first kappa shape index (κ1) is 21.0. The van der Waals surface area contributed by atoms with E-state index < -0.39 is 5.60 Å². The molecule has 31 heavy (non-hydrogen) atoms. The van der Waals surface area contributed by atoms with Crippen molar-refractivity contribution in [1.82, 2.24) is 15.2 Å². The van der Waals surface area contributed by atoms with Gasteiger partial charge < -0.3 is 24.8 Å². The fraction of sp³-hybridized carbons (Fsp3) is 0.652. The molecule has 2 heterocycles. The summed E-state index contributed by atoms with van der Waals surface area (Å²) in [4.78, 5) is 18.8. The lowest BCUT2D eigenvalue weighted by Gasteiger charge is -2.40. The Kier molecular flexibility index (Phi) is 5.79. The summed E-state index contributed by atoms with van der Waals surface area (Å²) in [7, 11) is 0. The molecule has 1 saturated heterocycles. The van der Waals surface area contributed by atoms with Gasteiger partial charge in [-0.25, -0.2) is 9.78 Å². The molecule has 168 valence electrons. The van der Waals surface area contributed by atoms with Gasteiger partial charge in [-0.1, -0.05) is 6.07 Å². The molecule has 3 aliphatic rings. The number of likely N-dealkylation sites (tertiary alicyclic amines) is 1. The van der Waals surface area contributed by atoms with Crippen LogP contribution in [0.3, 0.4) is 0 Å². The number of urea groups is 1. The van der Waals surface area contributed by atoms with Crippen molar-refractivity contribution in [1.29, 1.82) is 0 Å². The summed E-state index contributed by atoms with van der Waals surface area (Å²) in [5, 5.41) is 13.6. The minimum absolute atomic E-state index is 0.00671. The van der Waals surface area contributed by atoms with E-state index in [1.165, 1.54) is 0 Å². The van der Waals surface area contributed by atoms with Gasteiger partial charge >= 0.3 is 6.03 Å². The Hall–Kier alpha value is -1.90. The maximum atomic E-state index is 12.6.